The highest BCUT2D eigenvalue weighted by molar-refractivity contribution is 6.30. The molecular weight excluding hydrogens is 273 g/mol. The predicted octanol–water partition coefficient (Wildman–Crippen LogP) is 5.03. The molecule has 3 heteroatoms. The van der Waals surface area contributed by atoms with Gasteiger partial charge in [0, 0.05) is 12.6 Å². The van der Waals surface area contributed by atoms with Crippen LogP contribution in [0, 0.1) is 12.7 Å². The second-order valence-electron chi connectivity index (χ2n) is 5.00. The molecule has 0 radical (unpaired) electrons. The molecule has 0 fully saturated rings. The van der Waals surface area contributed by atoms with Gasteiger partial charge in [-0.25, -0.2) is 4.39 Å². The maximum atomic E-state index is 13.1. The molecule has 1 N–H and O–H groups in total. The smallest absolute Gasteiger partial charge is 0.141 e. The van der Waals surface area contributed by atoms with E-state index in [4.69, 9.17) is 11.6 Å². The minimum absolute atomic E-state index is 0.174. The average molecular weight is 292 g/mol. The third-order valence-electron chi connectivity index (χ3n) is 3.42. The van der Waals surface area contributed by atoms with Crippen LogP contribution >= 0.6 is 11.6 Å². The van der Waals surface area contributed by atoms with Gasteiger partial charge in [0.05, 0.1) is 5.02 Å². The first-order valence-corrected chi connectivity index (χ1v) is 7.22. The molecular formula is C17H19ClFN. The highest BCUT2D eigenvalue weighted by atomic mass is 35.5. The van der Waals surface area contributed by atoms with Crippen molar-refractivity contribution in [2.45, 2.75) is 32.9 Å². The lowest BCUT2D eigenvalue weighted by molar-refractivity contribution is 0.518. The first-order chi connectivity index (χ1) is 9.60. The first-order valence-electron chi connectivity index (χ1n) is 6.84. The van der Waals surface area contributed by atoms with Crippen molar-refractivity contribution in [2.75, 3.05) is 0 Å². The molecule has 0 bridgehead atoms. The summed E-state index contributed by atoms with van der Waals surface area (Å²) in [6, 6.07) is 13.7. The summed E-state index contributed by atoms with van der Waals surface area (Å²) in [6.45, 7) is 4.90. The van der Waals surface area contributed by atoms with E-state index >= 15 is 0 Å². The lowest BCUT2D eigenvalue weighted by Gasteiger charge is -2.18. The van der Waals surface area contributed by atoms with E-state index < -0.39 is 0 Å². The molecule has 0 aromatic heterocycles. The Kier molecular flexibility index (Phi) is 5.16. The van der Waals surface area contributed by atoms with Crippen LogP contribution in [0.2, 0.25) is 5.02 Å². The number of benzene rings is 2. The molecule has 1 unspecified atom stereocenters. The first kappa shape index (κ1) is 15.0. The van der Waals surface area contributed by atoms with Crippen molar-refractivity contribution < 1.29 is 4.39 Å². The summed E-state index contributed by atoms with van der Waals surface area (Å²) in [7, 11) is 0. The number of rotatable bonds is 5. The number of hydrogen-bond donors (Lipinski definition) is 1. The van der Waals surface area contributed by atoms with Crippen LogP contribution in [0.15, 0.2) is 42.5 Å². The summed E-state index contributed by atoms with van der Waals surface area (Å²) in [4.78, 5) is 0. The molecule has 2 rings (SSSR count). The quantitative estimate of drug-likeness (QED) is 0.815. The zero-order valence-corrected chi connectivity index (χ0v) is 12.5. The van der Waals surface area contributed by atoms with E-state index in [1.807, 2.05) is 0 Å². The molecule has 1 atom stereocenters. The average Bonchev–Trinajstić information content (AvgIpc) is 2.45. The van der Waals surface area contributed by atoms with Crippen LogP contribution in [0.5, 0.6) is 0 Å². The van der Waals surface area contributed by atoms with Gasteiger partial charge in [0.15, 0.2) is 0 Å². The second kappa shape index (κ2) is 6.87. The van der Waals surface area contributed by atoms with Crippen molar-refractivity contribution in [3.63, 3.8) is 0 Å². The van der Waals surface area contributed by atoms with E-state index in [9.17, 15) is 4.39 Å². The van der Waals surface area contributed by atoms with E-state index in [2.05, 4.69) is 43.4 Å². The summed E-state index contributed by atoms with van der Waals surface area (Å²) in [5.74, 6) is -0.374. The maximum Gasteiger partial charge on any atom is 0.141 e. The molecule has 0 aliphatic heterocycles. The number of hydrogen-bond acceptors (Lipinski definition) is 1. The van der Waals surface area contributed by atoms with Gasteiger partial charge in [0.1, 0.15) is 5.82 Å². The van der Waals surface area contributed by atoms with E-state index in [1.54, 1.807) is 12.1 Å². The summed E-state index contributed by atoms with van der Waals surface area (Å²) in [6.07, 6.45) is 0.998. The Labute approximate surface area is 124 Å². The molecule has 2 aromatic carbocycles. The van der Waals surface area contributed by atoms with Gasteiger partial charge in [-0.2, -0.15) is 0 Å². The monoisotopic (exact) mass is 291 g/mol. The normalized spacial score (nSPS) is 12.4. The SMILES string of the molecule is CCC(NCc1ccc(F)c(Cl)c1)c1ccc(C)cc1. The van der Waals surface area contributed by atoms with E-state index in [0.29, 0.717) is 12.6 Å². The standard InChI is InChI=1S/C17H19ClFN/c1-3-17(14-7-4-12(2)5-8-14)20-11-13-6-9-16(19)15(18)10-13/h4-10,17,20H,3,11H2,1-2H3. The van der Waals surface area contributed by atoms with Crippen molar-refractivity contribution in [1.29, 1.82) is 0 Å². The topological polar surface area (TPSA) is 12.0 Å². The molecule has 20 heavy (non-hydrogen) atoms. The highest BCUT2D eigenvalue weighted by Gasteiger charge is 2.09. The third-order valence-corrected chi connectivity index (χ3v) is 3.71. The number of halogens is 2. The molecule has 1 nitrogen and oxygen atoms in total. The van der Waals surface area contributed by atoms with Crippen LogP contribution in [0.4, 0.5) is 4.39 Å². The van der Waals surface area contributed by atoms with E-state index in [-0.39, 0.29) is 10.8 Å². The Morgan fingerprint density at radius 3 is 2.45 bits per heavy atom. The van der Waals surface area contributed by atoms with Crippen LogP contribution < -0.4 is 5.32 Å². The fourth-order valence-corrected chi connectivity index (χ4v) is 2.39. The number of aryl methyl sites for hydroxylation is 1. The minimum atomic E-state index is -0.374. The van der Waals surface area contributed by atoms with Crippen molar-refractivity contribution in [2.24, 2.45) is 0 Å². The van der Waals surface area contributed by atoms with Crippen LogP contribution in [0.25, 0.3) is 0 Å². The zero-order valence-electron chi connectivity index (χ0n) is 11.8. The van der Waals surface area contributed by atoms with Crippen LogP contribution in [0.3, 0.4) is 0 Å². The van der Waals surface area contributed by atoms with Gasteiger partial charge < -0.3 is 5.32 Å². The maximum absolute atomic E-state index is 13.1. The van der Waals surface area contributed by atoms with Crippen molar-refractivity contribution in [1.82, 2.24) is 5.32 Å². The van der Waals surface area contributed by atoms with Gasteiger partial charge in [0.2, 0.25) is 0 Å². The molecule has 0 saturated heterocycles. The van der Waals surface area contributed by atoms with Gasteiger partial charge in [-0.3, -0.25) is 0 Å². The van der Waals surface area contributed by atoms with Crippen LogP contribution in [0.1, 0.15) is 36.1 Å². The zero-order chi connectivity index (χ0) is 14.5. The molecule has 0 saturated carbocycles. The summed E-state index contributed by atoms with van der Waals surface area (Å²) in [5, 5.41) is 3.66. The fourth-order valence-electron chi connectivity index (χ4n) is 2.19. The summed E-state index contributed by atoms with van der Waals surface area (Å²) < 4.78 is 13.1. The highest BCUT2D eigenvalue weighted by Crippen LogP contribution is 2.20. The third kappa shape index (κ3) is 3.81. The largest absolute Gasteiger partial charge is 0.306 e. The predicted molar refractivity (Wildman–Crippen MR) is 82.5 cm³/mol. The van der Waals surface area contributed by atoms with Crippen molar-refractivity contribution >= 4 is 11.6 Å². The van der Waals surface area contributed by atoms with E-state index in [0.717, 1.165) is 12.0 Å². The van der Waals surface area contributed by atoms with Crippen LogP contribution in [-0.4, -0.2) is 0 Å². The number of nitrogens with one attached hydrogen (secondary N) is 1. The fraction of sp³-hybridized carbons (Fsp3) is 0.294. The Hall–Kier alpha value is -1.38. The Balaban J connectivity index is 2.03. The molecule has 0 aliphatic carbocycles. The molecule has 0 aliphatic rings. The molecule has 106 valence electrons. The lowest BCUT2D eigenvalue weighted by Crippen LogP contribution is -2.20. The Morgan fingerprint density at radius 2 is 1.85 bits per heavy atom. The molecule has 0 spiro atoms. The van der Waals surface area contributed by atoms with Crippen molar-refractivity contribution in [3.05, 3.63) is 70.0 Å². The lowest BCUT2D eigenvalue weighted by atomic mass is 10.0. The van der Waals surface area contributed by atoms with Gasteiger partial charge in [-0.15, -0.1) is 0 Å². The molecule has 0 heterocycles. The Bertz CT molecular complexity index is 566. The molecule has 0 amide bonds. The summed E-state index contributed by atoms with van der Waals surface area (Å²) >= 11 is 5.79. The Morgan fingerprint density at radius 1 is 1.15 bits per heavy atom. The second-order valence-corrected chi connectivity index (χ2v) is 5.41. The van der Waals surface area contributed by atoms with E-state index in [1.165, 1.54) is 17.2 Å². The van der Waals surface area contributed by atoms with Gasteiger partial charge in [0.25, 0.3) is 0 Å². The summed E-state index contributed by atoms with van der Waals surface area (Å²) in [5.41, 5.74) is 3.52. The minimum Gasteiger partial charge on any atom is -0.306 e. The van der Waals surface area contributed by atoms with Gasteiger partial charge in [-0.05, 0) is 36.6 Å². The van der Waals surface area contributed by atoms with Crippen molar-refractivity contribution in [3.8, 4) is 0 Å². The van der Waals surface area contributed by atoms with Gasteiger partial charge >= 0.3 is 0 Å². The molecule has 2 aromatic rings. The van der Waals surface area contributed by atoms with Gasteiger partial charge in [-0.1, -0.05) is 54.4 Å². The van der Waals surface area contributed by atoms with Crippen LogP contribution in [-0.2, 0) is 6.54 Å².